The third-order valence-electron chi connectivity index (χ3n) is 3.34. The van der Waals surface area contributed by atoms with Crippen molar-refractivity contribution in [2.45, 2.75) is 26.4 Å². The van der Waals surface area contributed by atoms with Gasteiger partial charge in [0.2, 0.25) is 0 Å². The maximum absolute atomic E-state index is 5.95. The zero-order valence-corrected chi connectivity index (χ0v) is 13.5. The summed E-state index contributed by atoms with van der Waals surface area (Å²) in [4.78, 5) is 6.38. The molecule has 0 aliphatic heterocycles. The van der Waals surface area contributed by atoms with Crippen molar-refractivity contribution < 1.29 is 0 Å². The van der Waals surface area contributed by atoms with E-state index in [2.05, 4.69) is 50.9 Å². The second-order valence-electron chi connectivity index (χ2n) is 4.86. The molecule has 0 spiro atoms. The predicted octanol–water partition coefficient (Wildman–Crippen LogP) is 3.89. The molecule has 0 fully saturated rings. The van der Waals surface area contributed by atoms with Crippen LogP contribution in [0.3, 0.4) is 0 Å². The van der Waals surface area contributed by atoms with Gasteiger partial charge in [-0.15, -0.1) is 0 Å². The highest BCUT2D eigenvalue weighted by molar-refractivity contribution is 9.10. The van der Waals surface area contributed by atoms with E-state index in [1.165, 1.54) is 11.3 Å². The summed E-state index contributed by atoms with van der Waals surface area (Å²) in [6.07, 6.45) is 3.66. The van der Waals surface area contributed by atoms with Gasteiger partial charge in [0.15, 0.2) is 0 Å². The van der Waals surface area contributed by atoms with Crippen LogP contribution in [0.15, 0.2) is 47.2 Å². The lowest BCUT2D eigenvalue weighted by atomic mass is 10.1. The number of benzene rings is 1. The first-order valence-corrected chi connectivity index (χ1v) is 7.60. The first kappa shape index (κ1) is 15.0. The summed E-state index contributed by atoms with van der Waals surface area (Å²) in [7, 11) is 0. The maximum Gasteiger partial charge on any atom is 0.0430 e. The molecule has 2 rings (SSSR count). The standard InChI is InChI=1S/C16H20BrN3/c1-3-20(11-13-6-8-19-9-7-13)14-4-5-15(12(2)18)16(17)10-14/h4-10,12H,3,11,18H2,1-2H3/t12-/m1/s1. The summed E-state index contributed by atoms with van der Waals surface area (Å²) in [6, 6.07) is 10.5. The molecule has 3 nitrogen and oxygen atoms in total. The maximum atomic E-state index is 5.95. The van der Waals surface area contributed by atoms with Gasteiger partial charge in [0.1, 0.15) is 0 Å². The molecule has 0 radical (unpaired) electrons. The Hall–Kier alpha value is -1.39. The molecule has 106 valence electrons. The van der Waals surface area contributed by atoms with Gasteiger partial charge in [-0.1, -0.05) is 22.0 Å². The lowest BCUT2D eigenvalue weighted by Gasteiger charge is -2.24. The van der Waals surface area contributed by atoms with Crippen LogP contribution in [0.2, 0.25) is 0 Å². The van der Waals surface area contributed by atoms with Gasteiger partial charge in [-0.3, -0.25) is 4.98 Å². The summed E-state index contributed by atoms with van der Waals surface area (Å²) in [5.74, 6) is 0. The van der Waals surface area contributed by atoms with E-state index < -0.39 is 0 Å². The SMILES string of the molecule is CCN(Cc1ccncc1)c1ccc([C@@H](C)N)c(Br)c1. The Kier molecular flexibility index (Phi) is 5.15. The third kappa shape index (κ3) is 3.58. The molecule has 2 N–H and O–H groups in total. The number of aromatic nitrogens is 1. The molecule has 4 heteroatoms. The smallest absolute Gasteiger partial charge is 0.0430 e. The number of pyridine rings is 1. The van der Waals surface area contributed by atoms with Gasteiger partial charge in [0.25, 0.3) is 0 Å². The quantitative estimate of drug-likeness (QED) is 0.902. The van der Waals surface area contributed by atoms with Crippen LogP contribution in [0.4, 0.5) is 5.69 Å². The number of hydrogen-bond acceptors (Lipinski definition) is 3. The second-order valence-corrected chi connectivity index (χ2v) is 5.72. The van der Waals surface area contributed by atoms with Crippen LogP contribution in [0.1, 0.15) is 31.0 Å². The third-order valence-corrected chi connectivity index (χ3v) is 4.03. The number of nitrogens with two attached hydrogens (primary N) is 1. The Bertz CT molecular complexity index is 555. The minimum Gasteiger partial charge on any atom is -0.367 e. The number of anilines is 1. The van der Waals surface area contributed by atoms with Crippen molar-refractivity contribution >= 4 is 21.6 Å². The van der Waals surface area contributed by atoms with E-state index in [0.717, 1.165) is 23.1 Å². The van der Waals surface area contributed by atoms with E-state index in [9.17, 15) is 0 Å². The fourth-order valence-electron chi connectivity index (χ4n) is 2.18. The highest BCUT2D eigenvalue weighted by atomic mass is 79.9. The Morgan fingerprint density at radius 3 is 2.50 bits per heavy atom. The highest BCUT2D eigenvalue weighted by Crippen LogP contribution is 2.28. The Balaban J connectivity index is 2.22. The van der Waals surface area contributed by atoms with Crippen molar-refractivity contribution in [3.8, 4) is 0 Å². The largest absolute Gasteiger partial charge is 0.367 e. The fraction of sp³-hybridized carbons (Fsp3) is 0.312. The van der Waals surface area contributed by atoms with Crippen LogP contribution in [0.25, 0.3) is 0 Å². The van der Waals surface area contributed by atoms with Crippen molar-refractivity contribution in [3.05, 3.63) is 58.3 Å². The minimum absolute atomic E-state index is 0.0358. The van der Waals surface area contributed by atoms with Crippen LogP contribution >= 0.6 is 15.9 Å². The van der Waals surface area contributed by atoms with Gasteiger partial charge in [0, 0.05) is 41.7 Å². The van der Waals surface area contributed by atoms with Gasteiger partial charge in [-0.25, -0.2) is 0 Å². The van der Waals surface area contributed by atoms with E-state index in [-0.39, 0.29) is 6.04 Å². The average Bonchev–Trinajstić information content (AvgIpc) is 2.45. The Morgan fingerprint density at radius 2 is 1.95 bits per heavy atom. The molecule has 0 unspecified atom stereocenters. The van der Waals surface area contributed by atoms with E-state index in [1.807, 2.05) is 31.5 Å². The monoisotopic (exact) mass is 333 g/mol. The van der Waals surface area contributed by atoms with E-state index in [1.54, 1.807) is 0 Å². The first-order chi connectivity index (χ1) is 9.61. The number of halogens is 1. The molecule has 2 aromatic rings. The summed E-state index contributed by atoms with van der Waals surface area (Å²) >= 11 is 3.61. The van der Waals surface area contributed by atoms with Gasteiger partial charge >= 0.3 is 0 Å². The molecule has 0 saturated carbocycles. The molecule has 1 aromatic carbocycles. The molecule has 0 aliphatic carbocycles. The van der Waals surface area contributed by atoms with Gasteiger partial charge < -0.3 is 10.6 Å². The minimum atomic E-state index is 0.0358. The molecule has 1 heterocycles. The van der Waals surface area contributed by atoms with Crippen molar-refractivity contribution in [2.24, 2.45) is 5.73 Å². The zero-order valence-electron chi connectivity index (χ0n) is 11.9. The highest BCUT2D eigenvalue weighted by Gasteiger charge is 2.10. The first-order valence-electron chi connectivity index (χ1n) is 6.80. The summed E-state index contributed by atoms with van der Waals surface area (Å²) in [6.45, 7) is 5.98. The number of hydrogen-bond donors (Lipinski definition) is 1. The van der Waals surface area contributed by atoms with Crippen molar-refractivity contribution in [1.82, 2.24) is 4.98 Å². The molecule has 1 atom stereocenters. The molecular formula is C16H20BrN3. The molecular weight excluding hydrogens is 314 g/mol. The lowest BCUT2D eigenvalue weighted by Crippen LogP contribution is -2.22. The fourth-order valence-corrected chi connectivity index (χ4v) is 2.90. The molecule has 0 saturated heterocycles. The molecule has 0 bridgehead atoms. The normalized spacial score (nSPS) is 12.2. The molecule has 0 amide bonds. The lowest BCUT2D eigenvalue weighted by molar-refractivity contribution is 0.805. The predicted molar refractivity (Wildman–Crippen MR) is 87.7 cm³/mol. The molecule has 1 aromatic heterocycles. The Labute approximate surface area is 129 Å². The van der Waals surface area contributed by atoms with Gasteiger partial charge in [-0.2, -0.15) is 0 Å². The Morgan fingerprint density at radius 1 is 1.25 bits per heavy atom. The summed E-state index contributed by atoms with van der Waals surface area (Å²) in [5.41, 5.74) is 9.53. The topological polar surface area (TPSA) is 42.2 Å². The number of rotatable bonds is 5. The zero-order chi connectivity index (χ0) is 14.5. The van der Waals surface area contributed by atoms with Crippen LogP contribution < -0.4 is 10.6 Å². The van der Waals surface area contributed by atoms with E-state index >= 15 is 0 Å². The van der Waals surface area contributed by atoms with Crippen LogP contribution in [-0.2, 0) is 6.54 Å². The van der Waals surface area contributed by atoms with Gasteiger partial charge in [-0.05, 0) is 49.2 Å². The second kappa shape index (κ2) is 6.86. The number of nitrogens with zero attached hydrogens (tertiary/aromatic N) is 2. The van der Waals surface area contributed by atoms with Crippen LogP contribution in [-0.4, -0.2) is 11.5 Å². The van der Waals surface area contributed by atoms with Crippen molar-refractivity contribution in [3.63, 3.8) is 0 Å². The van der Waals surface area contributed by atoms with Crippen LogP contribution in [0.5, 0.6) is 0 Å². The van der Waals surface area contributed by atoms with E-state index in [4.69, 9.17) is 5.73 Å². The van der Waals surface area contributed by atoms with Crippen molar-refractivity contribution in [1.29, 1.82) is 0 Å². The average molecular weight is 334 g/mol. The van der Waals surface area contributed by atoms with Crippen molar-refractivity contribution in [2.75, 3.05) is 11.4 Å². The van der Waals surface area contributed by atoms with E-state index in [0.29, 0.717) is 0 Å². The van der Waals surface area contributed by atoms with Crippen LogP contribution in [0, 0.1) is 0 Å². The molecule has 20 heavy (non-hydrogen) atoms. The summed E-state index contributed by atoms with van der Waals surface area (Å²) < 4.78 is 1.07. The summed E-state index contributed by atoms with van der Waals surface area (Å²) in [5, 5.41) is 0. The molecule has 0 aliphatic rings. The van der Waals surface area contributed by atoms with Gasteiger partial charge in [0.05, 0.1) is 0 Å².